The number of rotatable bonds is 7. The van der Waals surface area contributed by atoms with E-state index in [9.17, 15) is 18.4 Å². The molecule has 132 valence electrons. The molecule has 2 rings (SSSR count). The summed E-state index contributed by atoms with van der Waals surface area (Å²) in [6.45, 7) is -0.146. The van der Waals surface area contributed by atoms with Crippen molar-refractivity contribution in [3.8, 4) is 0 Å². The maximum atomic E-state index is 12.2. The van der Waals surface area contributed by atoms with Crippen LogP contribution in [0.4, 0.5) is 8.78 Å². The van der Waals surface area contributed by atoms with E-state index in [1.807, 2.05) is 0 Å². The summed E-state index contributed by atoms with van der Waals surface area (Å²) in [5.41, 5.74) is 1.04. The zero-order chi connectivity index (χ0) is 18.2. The summed E-state index contributed by atoms with van der Waals surface area (Å²) in [5.74, 6) is -3.68. The van der Waals surface area contributed by atoms with Crippen LogP contribution in [0.25, 0.3) is 0 Å². The Morgan fingerprint density at radius 2 is 1.72 bits per heavy atom. The number of esters is 1. The lowest BCUT2D eigenvalue weighted by Gasteiger charge is -2.07. The molecule has 8 heteroatoms. The van der Waals surface area contributed by atoms with Gasteiger partial charge in [-0.2, -0.15) is 8.78 Å². The lowest BCUT2D eigenvalue weighted by Crippen LogP contribution is -2.28. The van der Waals surface area contributed by atoms with Crippen LogP contribution in [0.1, 0.15) is 15.9 Å². The summed E-state index contributed by atoms with van der Waals surface area (Å²) in [4.78, 5) is 23.9. The fraction of sp³-hybridized carbons (Fsp3) is 0.176. The summed E-state index contributed by atoms with van der Waals surface area (Å²) >= 11 is 6.15. The van der Waals surface area contributed by atoms with Crippen LogP contribution in [0.5, 0.6) is 0 Å². The van der Waals surface area contributed by atoms with Gasteiger partial charge in [0.25, 0.3) is 11.7 Å². The molecule has 0 fully saturated rings. The van der Waals surface area contributed by atoms with Crippen molar-refractivity contribution in [1.82, 2.24) is 5.32 Å². The Bertz CT molecular complexity index is 724. The molecule has 0 unspecified atom stereocenters. The summed E-state index contributed by atoms with van der Waals surface area (Å²) < 4.78 is 29.3. The molecule has 0 aromatic heterocycles. The molecule has 25 heavy (non-hydrogen) atoms. The first-order valence-corrected chi connectivity index (χ1v) is 8.43. The molecule has 0 radical (unpaired) electrons. The van der Waals surface area contributed by atoms with Crippen LogP contribution in [0.15, 0.2) is 53.4 Å². The molecule has 2 aromatic carbocycles. The van der Waals surface area contributed by atoms with E-state index in [4.69, 9.17) is 16.3 Å². The average molecular weight is 386 g/mol. The van der Waals surface area contributed by atoms with Crippen molar-refractivity contribution in [2.45, 2.75) is 17.2 Å². The van der Waals surface area contributed by atoms with Crippen LogP contribution < -0.4 is 5.32 Å². The first-order chi connectivity index (χ1) is 11.9. The number of carbonyl (C=O) groups excluding carboxylic acids is 2. The van der Waals surface area contributed by atoms with E-state index >= 15 is 0 Å². The third-order valence-electron chi connectivity index (χ3n) is 3.05. The fourth-order valence-corrected chi connectivity index (χ4v) is 2.47. The molecule has 2 aromatic rings. The van der Waals surface area contributed by atoms with Gasteiger partial charge >= 0.3 is 5.97 Å². The molecule has 4 nitrogen and oxygen atoms in total. The molecule has 0 saturated carbocycles. The summed E-state index contributed by atoms with van der Waals surface area (Å²) in [6.07, 6.45) is 0. The molecular formula is C17H14ClF2NO3S. The van der Waals surface area contributed by atoms with Crippen LogP contribution in [0, 0.1) is 0 Å². The van der Waals surface area contributed by atoms with Gasteiger partial charge in [0.05, 0.1) is 5.56 Å². The highest BCUT2D eigenvalue weighted by molar-refractivity contribution is 7.99. The second kappa shape index (κ2) is 9.39. The first-order valence-electron chi connectivity index (χ1n) is 7.17. The monoisotopic (exact) mass is 385 g/mol. The predicted molar refractivity (Wildman–Crippen MR) is 91.9 cm³/mol. The maximum absolute atomic E-state index is 12.2. The number of benzene rings is 2. The van der Waals surface area contributed by atoms with Crippen LogP contribution in [0.3, 0.4) is 0 Å². The number of thioether (sulfide) groups is 1. The fourth-order valence-electron chi connectivity index (χ4n) is 1.84. The van der Waals surface area contributed by atoms with E-state index in [0.717, 1.165) is 5.56 Å². The third kappa shape index (κ3) is 6.72. The van der Waals surface area contributed by atoms with Gasteiger partial charge in [-0.25, -0.2) is 4.79 Å². The summed E-state index contributed by atoms with van der Waals surface area (Å²) in [5, 5.41) is 3.21. The molecule has 0 atom stereocenters. The topological polar surface area (TPSA) is 55.4 Å². The average Bonchev–Trinajstić information content (AvgIpc) is 2.59. The molecule has 0 heterocycles. The van der Waals surface area contributed by atoms with Gasteiger partial charge in [0.15, 0.2) is 6.61 Å². The minimum Gasteiger partial charge on any atom is -0.452 e. The van der Waals surface area contributed by atoms with E-state index in [1.165, 1.54) is 24.3 Å². The number of hydrogen-bond acceptors (Lipinski definition) is 4. The first kappa shape index (κ1) is 19.2. The van der Waals surface area contributed by atoms with Crippen molar-refractivity contribution in [3.63, 3.8) is 0 Å². The van der Waals surface area contributed by atoms with E-state index in [1.54, 1.807) is 24.3 Å². The highest BCUT2D eigenvalue weighted by atomic mass is 35.5. The predicted octanol–water partition coefficient (Wildman–Crippen LogP) is 4.13. The number of hydrogen-bond donors (Lipinski definition) is 1. The zero-order valence-electron chi connectivity index (χ0n) is 12.9. The zero-order valence-corrected chi connectivity index (χ0v) is 14.4. The van der Waals surface area contributed by atoms with Crippen LogP contribution >= 0.6 is 23.4 Å². The Labute approximate surface area is 152 Å². The van der Waals surface area contributed by atoms with Gasteiger partial charge in [-0.1, -0.05) is 35.5 Å². The molecule has 0 saturated heterocycles. The molecule has 0 spiro atoms. The maximum Gasteiger partial charge on any atom is 0.338 e. The third-order valence-corrected chi connectivity index (χ3v) is 4.03. The van der Waals surface area contributed by atoms with Gasteiger partial charge in [-0.05, 0) is 42.0 Å². The second-order valence-electron chi connectivity index (χ2n) is 4.88. The lowest BCUT2D eigenvalue weighted by molar-refractivity contribution is -0.124. The van der Waals surface area contributed by atoms with Crippen molar-refractivity contribution >= 4 is 35.2 Å². The van der Waals surface area contributed by atoms with Crippen molar-refractivity contribution < 1.29 is 23.1 Å². The van der Waals surface area contributed by atoms with Crippen molar-refractivity contribution in [1.29, 1.82) is 0 Å². The Balaban J connectivity index is 1.76. The Kier molecular flexibility index (Phi) is 7.21. The SMILES string of the molecule is O=C(COC(=O)c1ccc(SC(F)F)cc1)NCc1ccc(Cl)cc1. The highest BCUT2D eigenvalue weighted by Crippen LogP contribution is 2.25. The van der Waals surface area contributed by atoms with E-state index in [-0.39, 0.29) is 12.1 Å². The van der Waals surface area contributed by atoms with Crippen molar-refractivity contribution in [2.75, 3.05) is 6.61 Å². The molecule has 0 aliphatic heterocycles. The largest absolute Gasteiger partial charge is 0.452 e. The lowest BCUT2D eigenvalue weighted by atomic mass is 10.2. The highest BCUT2D eigenvalue weighted by Gasteiger charge is 2.11. The van der Waals surface area contributed by atoms with Crippen LogP contribution in [-0.4, -0.2) is 24.2 Å². The van der Waals surface area contributed by atoms with Gasteiger partial charge in [0, 0.05) is 16.5 Å². The summed E-state index contributed by atoms with van der Waals surface area (Å²) in [6, 6.07) is 12.5. The van der Waals surface area contributed by atoms with E-state index in [2.05, 4.69) is 5.32 Å². The van der Waals surface area contributed by atoms with Crippen LogP contribution in [0.2, 0.25) is 5.02 Å². The minimum atomic E-state index is -2.53. The smallest absolute Gasteiger partial charge is 0.338 e. The van der Waals surface area contributed by atoms with E-state index in [0.29, 0.717) is 21.7 Å². The van der Waals surface area contributed by atoms with Gasteiger partial charge in [-0.15, -0.1) is 0 Å². The number of halogens is 3. The molecule has 1 N–H and O–H groups in total. The van der Waals surface area contributed by atoms with Gasteiger partial charge in [0.2, 0.25) is 0 Å². The molecule has 0 aliphatic rings. The number of carbonyl (C=O) groups is 2. The minimum absolute atomic E-state index is 0.184. The normalized spacial score (nSPS) is 10.6. The second-order valence-corrected chi connectivity index (χ2v) is 6.38. The number of ether oxygens (including phenoxy) is 1. The van der Waals surface area contributed by atoms with Gasteiger partial charge in [0.1, 0.15) is 0 Å². The molecule has 0 aliphatic carbocycles. The van der Waals surface area contributed by atoms with Gasteiger partial charge in [-0.3, -0.25) is 4.79 Å². The quantitative estimate of drug-likeness (QED) is 0.575. The number of nitrogens with one attached hydrogen (secondary N) is 1. The molecular weight excluding hydrogens is 372 g/mol. The molecule has 1 amide bonds. The molecule has 0 bridgehead atoms. The Hall–Kier alpha value is -2.12. The van der Waals surface area contributed by atoms with Gasteiger partial charge < -0.3 is 10.1 Å². The Morgan fingerprint density at radius 3 is 2.32 bits per heavy atom. The van der Waals surface area contributed by atoms with E-state index < -0.39 is 24.2 Å². The van der Waals surface area contributed by atoms with Crippen LogP contribution in [-0.2, 0) is 16.1 Å². The Morgan fingerprint density at radius 1 is 1.08 bits per heavy atom. The summed E-state index contributed by atoms with van der Waals surface area (Å²) in [7, 11) is 0. The number of amides is 1. The number of alkyl halides is 2. The van der Waals surface area contributed by atoms with Crippen molar-refractivity contribution in [2.24, 2.45) is 0 Å². The van der Waals surface area contributed by atoms with Crippen molar-refractivity contribution in [3.05, 3.63) is 64.7 Å². The standard InChI is InChI=1S/C17H14ClF2NO3S/c18-13-5-1-11(2-6-13)9-21-15(22)10-24-16(23)12-3-7-14(8-4-12)25-17(19)20/h1-8,17H,9-10H2,(H,21,22).